The fraction of sp³-hybridized carbons (Fsp3) is 0.818. The molecule has 1 rings (SSSR count). The SMILES string of the molecule is CCC1CCCN(C(=O)CC(N)=S)CC1. The number of amides is 1. The fourth-order valence-electron chi connectivity index (χ4n) is 2.08. The van der Waals surface area contributed by atoms with E-state index in [1.807, 2.05) is 4.90 Å². The molecule has 0 aromatic carbocycles. The van der Waals surface area contributed by atoms with Crippen LogP contribution in [0, 0.1) is 5.92 Å². The standard InChI is InChI=1S/C11H20N2OS/c1-2-9-4-3-6-13(7-5-9)11(14)8-10(12)15/h9H,2-8H2,1H3,(H2,12,15). The van der Waals surface area contributed by atoms with Gasteiger partial charge in [-0.3, -0.25) is 4.79 Å². The number of carbonyl (C=O) groups excluding carboxylic acids is 1. The lowest BCUT2D eigenvalue weighted by atomic mass is 9.98. The normalized spacial score (nSPS) is 22.2. The molecule has 0 radical (unpaired) electrons. The van der Waals surface area contributed by atoms with Gasteiger partial charge in [-0.1, -0.05) is 25.6 Å². The molecule has 2 N–H and O–H groups in total. The van der Waals surface area contributed by atoms with Crippen LogP contribution >= 0.6 is 12.2 Å². The molecule has 0 saturated carbocycles. The minimum Gasteiger partial charge on any atom is -0.393 e. The maximum atomic E-state index is 11.7. The van der Waals surface area contributed by atoms with E-state index in [9.17, 15) is 4.79 Å². The molecule has 0 aromatic heterocycles. The van der Waals surface area contributed by atoms with Gasteiger partial charge in [0.15, 0.2) is 0 Å². The number of hydrogen-bond acceptors (Lipinski definition) is 2. The number of carbonyl (C=O) groups is 1. The average molecular weight is 228 g/mol. The van der Waals surface area contributed by atoms with Crippen molar-refractivity contribution >= 4 is 23.1 Å². The van der Waals surface area contributed by atoms with Gasteiger partial charge in [-0.2, -0.15) is 0 Å². The lowest BCUT2D eigenvalue weighted by molar-refractivity contribution is -0.129. The first-order valence-corrected chi connectivity index (χ1v) is 6.10. The summed E-state index contributed by atoms with van der Waals surface area (Å²) in [7, 11) is 0. The molecule has 1 heterocycles. The molecule has 1 aliphatic rings. The molecule has 1 amide bonds. The highest BCUT2D eigenvalue weighted by atomic mass is 32.1. The fourth-order valence-corrected chi connectivity index (χ4v) is 2.21. The third kappa shape index (κ3) is 4.16. The molecule has 1 atom stereocenters. The third-order valence-electron chi connectivity index (χ3n) is 3.10. The quantitative estimate of drug-likeness (QED) is 0.748. The number of hydrogen-bond donors (Lipinski definition) is 1. The Morgan fingerprint density at radius 1 is 1.47 bits per heavy atom. The van der Waals surface area contributed by atoms with Crippen molar-refractivity contribution < 1.29 is 4.79 Å². The van der Waals surface area contributed by atoms with Crippen molar-refractivity contribution in [2.24, 2.45) is 11.7 Å². The van der Waals surface area contributed by atoms with Crippen molar-refractivity contribution in [1.29, 1.82) is 0 Å². The van der Waals surface area contributed by atoms with E-state index < -0.39 is 0 Å². The summed E-state index contributed by atoms with van der Waals surface area (Å²) in [6, 6.07) is 0. The number of rotatable bonds is 3. The summed E-state index contributed by atoms with van der Waals surface area (Å²) in [6.45, 7) is 3.97. The van der Waals surface area contributed by atoms with Gasteiger partial charge in [0.25, 0.3) is 0 Å². The van der Waals surface area contributed by atoms with Crippen LogP contribution in [0.3, 0.4) is 0 Å². The zero-order chi connectivity index (χ0) is 11.3. The number of nitrogens with zero attached hydrogens (tertiary/aromatic N) is 1. The lowest BCUT2D eigenvalue weighted by Crippen LogP contribution is -2.34. The van der Waals surface area contributed by atoms with Crippen LogP contribution in [0.15, 0.2) is 0 Å². The molecule has 0 bridgehead atoms. The summed E-state index contributed by atoms with van der Waals surface area (Å²) in [5.74, 6) is 0.881. The van der Waals surface area contributed by atoms with E-state index in [2.05, 4.69) is 6.92 Å². The second-order valence-corrected chi connectivity index (χ2v) is 4.75. The van der Waals surface area contributed by atoms with E-state index in [1.54, 1.807) is 0 Å². The number of thiocarbonyl (C=S) groups is 1. The van der Waals surface area contributed by atoms with E-state index in [0.29, 0.717) is 4.99 Å². The van der Waals surface area contributed by atoms with Crippen molar-refractivity contribution in [3.63, 3.8) is 0 Å². The molecule has 1 unspecified atom stereocenters. The molecule has 15 heavy (non-hydrogen) atoms. The monoisotopic (exact) mass is 228 g/mol. The van der Waals surface area contributed by atoms with E-state index >= 15 is 0 Å². The second-order valence-electron chi connectivity index (χ2n) is 4.23. The van der Waals surface area contributed by atoms with Gasteiger partial charge >= 0.3 is 0 Å². The minimum absolute atomic E-state index is 0.0965. The molecule has 1 aliphatic heterocycles. The van der Waals surface area contributed by atoms with E-state index in [-0.39, 0.29) is 12.3 Å². The first-order chi connectivity index (χ1) is 7.13. The largest absolute Gasteiger partial charge is 0.393 e. The molecule has 0 spiro atoms. The smallest absolute Gasteiger partial charge is 0.229 e. The minimum atomic E-state index is 0.0965. The van der Waals surface area contributed by atoms with Gasteiger partial charge in [-0.25, -0.2) is 0 Å². The summed E-state index contributed by atoms with van der Waals surface area (Å²) in [5, 5.41) is 0. The van der Waals surface area contributed by atoms with E-state index in [0.717, 1.165) is 31.8 Å². The van der Waals surface area contributed by atoms with Crippen LogP contribution in [0.2, 0.25) is 0 Å². The van der Waals surface area contributed by atoms with Crippen LogP contribution in [0.4, 0.5) is 0 Å². The molecule has 4 heteroatoms. The van der Waals surface area contributed by atoms with Crippen molar-refractivity contribution in [3.05, 3.63) is 0 Å². The van der Waals surface area contributed by atoms with Crippen LogP contribution in [0.25, 0.3) is 0 Å². The van der Waals surface area contributed by atoms with E-state index in [1.165, 1.54) is 12.8 Å². The van der Waals surface area contributed by atoms with Crippen LogP contribution in [0.5, 0.6) is 0 Å². The molecular weight excluding hydrogens is 208 g/mol. The van der Waals surface area contributed by atoms with Crippen LogP contribution < -0.4 is 5.73 Å². The Morgan fingerprint density at radius 3 is 2.80 bits per heavy atom. The summed E-state index contributed by atoms with van der Waals surface area (Å²) in [5.41, 5.74) is 5.38. The maximum absolute atomic E-state index is 11.7. The zero-order valence-electron chi connectivity index (χ0n) is 9.37. The Kier molecular flexibility index (Phi) is 5.02. The summed E-state index contributed by atoms with van der Waals surface area (Å²) < 4.78 is 0. The van der Waals surface area contributed by atoms with Crippen molar-refractivity contribution in [2.45, 2.75) is 39.0 Å². The van der Waals surface area contributed by atoms with Gasteiger partial charge in [-0.15, -0.1) is 0 Å². The van der Waals surface area contributed by atoms with Gasteiger partial charge in [0, 0.05) is 13.1 Å². The van der Waals surface area contributed by atoms with Crippen molar-refractivity contribution in [2.75, 3.05) is 13.1 Å². The molecule has 86 valence electrons. The molecular formula is C11H20N2OS. The molecule has 1 fully saturated rings. The van der Waals surface area contributed by atoms with Crippen LogP contribution in [-0.2, 0) is 4.79 Å². The Morgan fingerprint density at radius 2 is 2.20 bits per heavy atom. The lowest BCUT2D eigenvalue weighted by Gasteiger charge is -2.20. The van der Waals surface area contributed by atoms with Crippen LogP contribution in [-0.4, -0.2) is 28.9 Å². The Balaban J connectivity index is 2.42. The van der Waals surface area contributed by atoms with Crippen molar-refractivity contribution in [1.82, 2.24) is 4.90 Å². The number of nitrogens with two attached hydrogens (primary N) is 1. The Bertz CT molecular complexity index is 243. The Hall–Kier alpha value is -0.640. The first-order valence-electron chi connectivity index (χ1n) is 5.69. The highest BCUT2D eigenvalue weighted by Gasteiger charge is 2.19. The van der Waals surface area contributed by atoms with E-state index in [4.69, 9.17) is 18.0 Å². The van der Waals surface area contributed by atoms with Gasteiger partial charge in [-0.05, 0) is 25.2 Å². The predicted molar refractivity (Wildman–Crippen MR) is 65.6 cm³/mol. The molecule has 0 aliphatic carbocycles. The third-order valence-corrected chi connectivity index (χ3v) is 3.25. The van der Waals surface area contributed by atoms with Gasteiger partial charge in [0.05, 0.1) is 11.4 Å². The van der Waals surface area contributed by atoms with Gasteiger partial charge in [0.2, 0.25) is 5.91 Å². The van der Waals surface area contributed by atoms with Crippen molar-refractivity contribution in [3.8, 4) is 0 Å². The molecule has 1 saturated heterocycles. The van der Waals surface area contributed by atoms with Gasteiger partial charge < -0.3 is 10.6 Å². The molecule has 0 aromatic rings. The maximum Gasteiger partial charge on any atom is 0.229 e. The first kappa shape index (κ1) is 12.4. The summed E-state index contributed by atoms with van der Waals surface area (Å²) in [6.07, 6.45) is 4.93. The second kappa shape index (κ2) is 6.05. The predicted octanol–water partition coefficient (Wildman–Crippen LogP) is 1.70. The Labute approximate surface area is 97.0 Å². The van der Waals surface area contributed by atoms with Crippen LogP contribution in [0.1, 0.15) is 39.0 Å². The summed E-state index contributed by atoms with van der Waals surface area (Å²) >= 11 is 4.75. The highest BCUT2D eigenvalue weighted by Crippen LogP contribution is 2.20. The van der Waals surface area contributed by atoms with Gasteiger partial charge in [0.1, 0.15) is 0 Å². The number of likely N-dealkylation sites (tertiary alicyclic amines) is 1. The average Bonchev–Trinajstić information content (AvgIpc) is 2.41. The summed E-state index contributed by atoms with van der Waals surface area (Å²) in [4.78, 5) is 13.9. The zero-order valence-corrected chi connectivity index (χ0v) is 10.2. The highest BCUT2D eigenvalue weighted by molar-refractivity contribution is 7.80. The topological polar surface area (TPSA) is 46.3 Å². The molecule has 3 nitrogen and oxygen atoms in total.